The molecular weight excluding hydrogens is 280 g/mol. The molecule has 0 fully saturated rings. The molecule has 1 aromatic carbocycles. The van der Waals surface area contributed by atoms with Crippen LogP contribution >= 0.6 is 0 Å². The van der Waals surface area contributed by atoms with E-state index < -0.39 is 13.0 Å². The van der Waals surface area contributed by atoms with Gasteiger partial charge in [-0.3, -0.25) is 9.69 Å². The number of benzene rings is 1. The summed E-state index contributed by atoms with van der Waals surface area (Å²) < 4.78 is 24.7. The molecular formula is C14H21F2N3O2. The molecule has 0 saturated carbocycles. The first-order chi connectivity index (χ1) is 9.92. The number of anilines is 2. The van der Waals surface area contributed by atoms with Gasteiger partial charge in [0, 0.05) is 30.9 Å². The fraction of sp³-hybridized carbons (Fsp3) is 0.500. The van der Waals surface area contributed by atoms with Gasteiger partial charge in [0.25, 0.3) is 6.43 Å². The Hall–Kier alpha value is -1.73. The molecule has 0 heterocycles. The van der Waals surface area contributed by atoms with E-state index >= 15 is 0 Å². The second-order valence-electron chi connectivity index (χ2n) is 4.79. The quantitative estimate of drug-likeness (QED) is 0.635. The lowest BCUT2D eigenvalue weighted by atomic mass is 10.2. The number of aliphatic hydroxyl groups is 1. The Kier molecular flexibility index (Phi) is 7.04. The standard InChI is InChI=1S/C14H21F2N3O2/c1-10-2-3-11(17)8-12(10)18-14(21)4-5-19(6-7-20)9-13(15)16/h2-3,8,13,20H,4-7,9,17H2,1H3,(H,18,21). The van der Waals surface area contributed by atoms with Crippen molar-refractivity contribution in [3.8, 4) is 0 Å². The number of hydrogen-bond acceptors (Lipinski definition) is 4. The molecule has 21 heavy (non-hydrogen) atoms. The van der Waals surface area contributed by atoms with Crippen LogP contribution in [0.15, 0.2) is 18.2 Å². The smallest absolute Gasteiger partial charge is 0.251 e. The number of nitrogens with one attached hydrogen (secondary N) is 1. The molecule has 0 aromatic heterocycles. The summed E-state index contributed by atoms with van der Waals surface area (Å²) >= 11 is 0. The second kappa shape index (κ2) is 8.53. The van der Waals surface area contributed by atoms with Crippen LogP contribution in [0.3, 0.4) is 0 Å². The molecule has 0 aliphatic rings. The van der Waals surface area contributed by atoms with Crippen LogP contribution in [0.5, 0.6) is 0 Å². The summed E-state index contributed by atoms with van der Waals surface area (Å²) in [5.41, 5.74) is 7.67. The highest BCUT2D eigenvalue weighted by atomic mass is 19.3. The maximum absolute atomic E-state index is 12.3. The fourth-order valence-corrected chi connectivity index (χ4v) is 1.88. The molecule has 0 spiro atoms. The van der Waals surface area contributed by atoms with Gasteiger partial charge in [-0.15, -0.1) is 0 Å². The third-order valence-electron chi connectivity index (χ3n) is 3.00. The van der Waals surface area contributed by atoms with Crippen LogP contribution in [0.1, 0.15) is 12.0 Å². The normalized spacial score (nSPS) is 11.1. The summed E-state index contributed by atoms with van der Waals surface area (Å²) in [6.07, 6.45) is -2.42. The molecule has 0 saturated heterocycles. The highest BCUT2D eigenvalue weighted by Gasteiger charge is 2.13. The van der Waals surface area contributed by atoms with Crippen molar-refractivity contribution in [2.24, 2.45) is 0 Å². The Bertz CT molecular complexity index is 470. The van der Waals surface area contributed by atoms with E-state index in [4.69, 9.17) is 10.8 Å². The molecule has 1 aromatic rings. The topological polar surface area (TPSA) is 78.6 Å². The number of hydrogen-bond donors (Lipinski definition) is 3. The number of halogens is 2. The number of alkyl halides is 2. The van der Waals surface area contributed by atoms with Crippen LogP contribution < -0.4 is 11.1 Å². The summed E-state index contributed by atoms with van der Waals surface area (Å²) in [7, 11) is 0. The molecule has 1 amide bonds. The maximum atomic E-state index is 12.3. The van der Waals surface area contributed by atoms with Gasteiger partial charge < -0.3 is 16.2 Å². The van der Waals surface area contributed by atoms with Crippen LogP contribution in [0.2, 0.25) is 0 Å². The van der Waals surface area contributed by atoms with Gasteiger partial charge in [0.2, 0.25) is 5.91 Å². The first kappa shape index (κ1) is 17.3. The fourth-order valence-electron chi connectivity index (χ4n) is 1.88. The Morgan fingerprint density at radius 3 is 2.76 bits per heavy atom. The second-order valence-corrected chi connectivity index (χ2v) is 4.79. The van der Waals surface area contributed by atoms with Crippen LogP contribution in [0.25, 0.3) is 0 Å². The van der Waals surface area contributed by atoms with Crippen molar-refractivity contribution in [3.05, 3.63) is 23.8 Å². The SMILES string of the molecule is Cc1ccc(N)cc1NC(=O)CCN(CCO)CC(F)F. The van der Waals surface area contributed by atoms with Crippen molar-refractivity contribution in [1.29, 1.82) is 0 Å². The van der Waals surface area contributed by atoms with Gasteiger partial charge in [0.15, 0.2) is 0 Å². The number of nitrogen functional groups attached to an aromatic ring is 1. The number of aryl methyl sites for hydroxylation is 1. The zero-order chi connectivity index (χ0) is 15.8. The van der Waals surface area contributed by atoms with Crippen LogP contribution in [-0.4, -0.2) is 48.6 Å². The Labute approximate surface area is 122 Å². The minimum Gasteiger partial charge on any atom is -0.399 e. The number of carbonyl (C=O) groups excluding carboxylic acids is 1. The summed E-state index contributed by atoms with van der Waals surface area (Å²) in [6, 6.07) is 5.17. The lowest BCUT2D eigenvalue weighted by Gasteiger charge is -2.20. The van der Waals surface area contributed by atoms with Crippen LogP contribution in [-0.2, 0) is 4.79 Å². The lowest BCUT2D eigenvalue weighted by molar-refractivity contribution is -0.116. The molecule has 0 bridgehead atoms. The van der Waals surface area contributed by atoms with E-state index in [0.29, 0.717) is 11.4 Å². The van der Waals surface area contributed by atoms with Crippen molar-refractivity contribution in [2.75, 3.05) is 37.3 Å². The van der Waals surface area contributed by atoms with Crippen molar-refractivity contribution >= 4 is 17.3 Å². The van der Waals surface area contributed by atoms with E-state index in [1.807, 2.05) is 6.92 Å². The average Bonchev–Trinajstić information content (AvgIpc) is 2.40. The third kappa shape index (κ3) is 6.50. The summed E-state index contributed by atoms with van der Waals surface area (Å²) in [5, 5.41) is 11.5. The number of nitrogens with zero attached hydrogens (tertiary/aromatic N) is 1. The van der Waals surface area contributed by atoms with Crippen LogP contribution in [0, 0.1) is 6.92 Å². The Morgan fingerprint density at radius 1 is 1.43 bits per heavy atom. The molecule has 0 unspecified atom stereocenters. The molecule has 0 atom stereocenters. The summed E-state index contributed by atoms with van der Waals surface area (Å²) in [5.74, 6) is -0.277. The number of amides is 1. The van der Waals surface area contributed by atoms with Gasteiger partial charge in [0.1, 0.15) is 0 Å². The summed E-state index contributed by atoms with van der Waals surface area (Å²) in [6.45, 7) is 1.45. The zero-order valence-corrected chi connectivity index (χ0v) is 12.0. The van der Waals surface area contributed by atoms with E-state index in [2.05, 4.69) is 5.32 Å². The molecule has 7 heteroatoms. The lowest BCUT2D eigenvalue weighted by Crippen LogP contribution is -2.34. The molecule has 0 radical (unpaired) electrons. The first-order valence-corrected chi connectivity index (χ1v) is 6.69. The largest absolute Gasteiger partial charge is 0.399 e. The predicted molar refractivity (Wildman–Crippen MR) is 78.4 cm³/mol. The van der Waals surface area contributed by atoms with Gasteiger partial charge in [-0.2, -0.15) is 0 Å². The predicted octanol–water partition coefficient (Wildman–Crippen LogP) is 1.47. The highest BCUT2D eigenvalue weighted by molar-refractivity contribution is 5.92. The van der Waals surface area contributed by atoms with Crippen molar-refractivity contribution in [1.82, 2.24) is 4.90 Å². The van der Waals surface area contributed by atoms with Gasteiger partial charge in [-0.1, -0.05) is 6.07 Å². The minimum atomic E-state index is -2.49. The number of rotatable bonds is 8. The van der Waals surface area contributed by atoms with E-state index in [-0.39, 0.29) is 32.0 Å². The van der Waals surface area contributed by atoms with Crippen molar-refractivity contribution < 1.29 is 18.7 Å². The molecule has 118 valence electrons. The number of nitrogens with two attached hydrogens (primary N) is 1. The monoisotopic (exact) mass is 301 g/mol. The number of aliphatic hydroxyl groups excluding tert-OH is 1. The van der Waals surface area contributed by atoms with E-state index in [1.54, 1.807) is 18.2 Å². The van der Waals surface area contributed by atoms with Gasteiger partial charge in [-0.25, -0.2) is 8.78 Å². The van der Waals surface area contributed by atoms with Crippen molar-refractivity contribution in [2.45, 2.75) is 19.8 Å². The zero-order valence-electron chi connectivity index (χ0n) is 12.0. The molecule has 0 aliphatic heterocycles. The Balaban J connectivity index is 2.50. The van der Waals surface area contributed by atoms with Crippen LogP contribution in [0.4, 0.5) is 20.2 Å². The molecule has 4 N–H and O–H groups in total. The Morgan fingerprint density at radius 2 is 2.14 bits per heavy atom. The maximum Gasteiger partial charge on any atom is 0.251 e. The minimum absolute atomic E-state index is 0.0704. The van der Waals surface area contributed by atoms with E-state index in [9.17, 15) is 13.6 Å². The summed E-state index contributed by atoms with van der Waals surface area (Å²) in [4.78, 5) is 13.2. The van der Waals surface area contributed by atoms with Gasteiger partial charge >= 0.3 is 0 Å². The van der Waals surface area contributed by atoms with Gasteiger partial charge in [-0.05, 0) is 24.6 Å². The average molecular weight is 301 g/mol. The van der Waals surface area contributed by atoms with E-state index in [1.165, 1.54) is 4.90 Å². The molecule has 5 nitrogen and oxygen atoms in total. The first-order valence-electron chi connectivity index (χ1n) is 6.69. The number of carbonyl (C=O) groups is 1. The molecule has 0 aliphatic carbocycles. The third-order valence-corrected chi connectivity index (χ3v) is 3.00. The van der Waals surface area contributed by atoms with E-state index in [0.717, 1.165) is 5.56 Å². The van der Waals surface area contributed by atoms with Gasteiger partial charge in [0.05, 0.1) is 13.2 Å². The van der Waals surface area contributed by atoms with Crippen molar-refractivity contribution in [3.63, 3.8) is 0 Å². The molecule has 1 rings (SSSR count). The highest BCUT2D eigenvalue weighted by Crippen LogP contribution is 2.18.